The molecule has 6 nitrogen and oxygen atoms in total. The predicted molar refractivity (Wildman–Crippen MR) is 102 cm³/mol. The van der Waals surface area contributed by atoms with E-state index < -0.39 is 4.92 Å². The third-order valence-corrected chi connectivity index (χ3v) is 4.48. The van der Waals surface area contributed by atoms with Gasteiger partial charge >= 0.3 is 0 Å². The molecule has 6 heteroatoms. The van der Waals surface area contributed by atoms with Gasteiger partial charge in [0, 0.05) is 23.2 Å². The molecule has 2 aromatic carbocycles. The molecule has 1 aromatic heterocycles. The van der Waals surface area contributed by atoms with Crippen molar-refractivity contribution in [3.8, 4) is 0 Å². The van der Waals surface area contributed by atoms with Crippen LogP contribution in [0.2, 0.25) is 0 Å². The summed E-state index contributed by atoms with van der Waals surface area (Å²) in [7, 11) is 0. The number of carbonyl (C=O) groups excluding carboxylic acids is 1. The minimum Gasteiger partial charge on any atom is -0.321 e. The molecule has 3 aromatic rings. The van der Waals surface area contributed by atoms with Crippen molar-refractivity contribution in [2.45, 2.75) is 27.2 Å². The fraction of sp³-hybridized carbons (Fsp3) is 0.200. The van der Waals surface area contributed by atoms with Crippen LogP contribution in [0.4, 0.5) is 11.4 Å². The van der Waals surface area contributed by atoms with Crippen molar-refractivity contribution in [1.82, 2.24) is 4.98 Å². The van der Waals surface area contributed by atoms with E-state index in [0.717, 1.165) is 27.7 Å². The second kappa shape index (κ2) is 6.92. The summed E-state index contributed by atoms with van der Waals surface area (Å²) in [4.78, 5) is 28.2. The summed E-state index contributed by atoms with van der Waals surface area (Å²) in [5, 5.41) is 14.6. The van der Waals surface area contributed by atoms with Crippen molar-refractivity contribution in [1.29, 1.82) is 0 Å². The zero-order valence-electron chi connectivity index (χ0n) is 14.9. The lowest BCUT2D eigenvalue weighted by Crippen LogP contribution is -2.16. The number of hydrogen-bond donors (Lipinski definition) is 1. The van der Waals surface area contributed by atoms with Crippen molar-refractivity contribution in [2.24, 2.45) is 0 Å². The van der Waals surface area contributed by atoms with Crippen LogP contribution < -0.4 is 5.32 Å². The van der Waals surface area contributed by atoms with Crippen LogP contribution in [0.15, 0.2) is 42.5 Å². The number of benzene rings is 2. The van der Waals surface area contributed by atoms with Crippen molar-refractivity contribution in [2.75, 3.05) is 5.32 Å². The van der Waals surface area contributed by atoms with E-state index in [-0.39, 0.29) is 11.6 Å². The van der Waals surface area contributed by atoms with Gasteiger partial charge in [0.25, 0.3) is 11.6 Å². The molecule has 0 saturated carbocycles. The van der Waals surface area contributed by atoms with Crippen molar-refractivity contribution >= 4 is 28.2 Å². The van der Waals surface area contributed by atoms with E-state index in [2.05, 4.69) is 10.3 Å². The molecule has 0 spiro atoms. The zero-order chi connectivity index (χ0) is 18.8. The Labute approximate surface area is 151 Å². The minimum atomic E-state index is -0.475. The Balaban J connectivity index is 2.10. The molecule has 3 rings (SSSR count). The molecule has 1 amide bonds. The van der Waals surface area contributed by atoms with Crippen LogP contribution in [-0.2, 0) is 6.42 Å². The standard InChI is InChI=1S/C20H19N3O3/c1-4-16-13(3)19(15-7-5-6-8-17(15)21-16)20(24)22-18-11-14(23(25)26)10-9-12(18)2/h5-11H,4H2,1-3H3,(H,22,24). The topological polar surface area (TPSA) is 85.1 Å². The smallest absolute Gasteiger partial charge is 0.271 e. The average Bonchev–Trinajstić information content (AvgIpc) is 2.62. The normalized spacial score (nSPS) is 10.7. The average molecular weight is 349 g/mol. The monoisotopic (exact) mass is 349 g/mol. The highest BCUT2D eigenvalue weighted by Gasteiger charge is 2.19. The van der Waals surface area contributed by atoms with Gasteiger partial charge in [-0.3, -0.25) is 19.9 Å². The first-order valence-corrected chi connectivity index (χ1v) is 8.37. The van der Waals surface area contributed by atoms with E-state index in [1.54, 1.807) is 13.0 Å². The van der Waals surface area contributed by atoms with Gasteiger partial charge in [0.05, 0.1) is 21.7 Å². The molecule has 0 aliphatic carbocycles. The Morgan fingerprint density at radius 2 is 1.92 bits per heavy atom. The number of fused-ring (bicyclic) bond motifs is 1. The first-order valence-electron chi connectivity index (χ1n) is 8.37. The van der Waals surface area contributed by atoms with Gasteiger partial charge in [-0.25, -0.2) is 0 Å². The summed E-state index contributed by atoms with van der Waals surface area (Å²) in [6.07, 6.45) is 0.715. The van der Waals surface area contributed by atoms with Gasteiger partial charge in [0.1, 0.15) is 0 Å². The molecule has 0 radical (unpaired) electrons. The quantitative estimate of drug-likeness (QED) is 0.552. The maximum Gasteiger partial charge on any atom is 0.271 e. The number of anilines is 1. The number of nitro groups is 1. The molecule has 0 unspecified atom stereocenters. The van der Waals surface area contributed by atoms with Crippen LogP contribution in [-0.4, -0.2) is 15.8 Å². The summed E-state index contributed by atoms with van der Waals surface area (Å²) in [5.74, 6) is -0.292. The second-order valence-corrected chi connectivity index (χ2v) is 6.14. The number of hydrogen-bond acceptors (Lipinski definition) is 4. The first kappa shape index (κ1) is 17.5. The first-order chi connectivity index (χ1) is 12.4. The molecule has 0 aliphatic heterocycles. The number of nitro benzene ring substituents is 1. The predicted octanol–water partition coefficient (Wildman–Crippen LogP) is 4.57. The Morgan fingerprint density at radius 3 is 2.62 bits per heavy atom. The summed E-state index contributed by atoms with van der Waals surface area (Å²) in [5.41, 5.74) is 4.14. The molecule has 0 fully saturated rings. The molecule has 1 heterocycles. The fourth-order valence-electron chi connectivity index (χ4n) is 3.04. The lowest BCUT2D eigenvalue weighted by Gasteiger charge is -2.14. The highest BCUT2D eigenvalue weighted by molar-refractivity contribution is 6.13. The molecular weight excluding hydrogens is 330 g/mol. The van der Waals surface area contributed by atoms with E-state index in [9.17, 15) is 14.9 Å². The lowest BCUT2D eigenvalue weighted by atomic mass is 9.99. The van der Waals surface area contributed by atoms with Crippen molar-refractivity contribution < 1.29 is 9.72 Å². The van der Waals surface area contributed by atoms with E-state index >= 15 is 0 Å². The number of nitrogens with one attached hydrogen (secondary N) is 1. The van der Waals surface area contributed by atoms with Gasteiger partial charge in [0.2, 0.25) is 0 Å². The number of aryl methyl sites for hydroxylation is 2. The number of para-hydroxylation sites is 1. The molecule has 0 bridgehead atoms. The van der Waals surface area contributed by atoms with Crippen LogP contribution in [0.5, 0.6) is 0 Å². The van der Waals surface area contributed by atoms with Gasteiger partial charge in [0.15, 0.2) is 0 Å². The second-order valence-electron chi connectivity index (χ2n) is 6.14. The van der Waals surface area contributed by atoms with Gasteiger partial charge < -0.3 is 5.32 Å². The number of pyridine rings is 1. The van der Waals surface area contributed by atoms with E-state index in [0.29, 0.717) is 17.7 Å². The van der Waals surface area contributed by atoms with Crippen molar-refractivity contribution in [3.63, 3.8) is 0 Å². The van der Waals surface area contributed by atoms with E-state index in [1.807, 2.05) is 38.1 Å². The number of carbonyl (C=O) groups is 1. The van der Waals surface area contributed by atoms with Gasteiger partial charge in [-0.15, -0.1) is 0 Å². The van der Waals surface area contributed by atoms with Crippen LogP contribution >= 0.6 is 0 Å². The van der Waals surface area contributed by atoms with Gasteiger partial charge in [-0.2, -0.15) is 0 Å². The molecule has 0 atom stereocenters. The number of non-ortho nitro benzene ring substituents is 1. The van der Waals surface area contributed by atoms with E-state index in [1.165, 1.54) is 12.1 Å². The van der Waals surface area contributed by atoms with Crippen LogP contribution in [0.25, 0.3) is 10.9 Å². The SMILES string of the molecule is CCc1nc2ccccc2c(C(=O)Nc2cc([N+](=O)[O-])ccc2C)c1C. The Bertz CT molecular complexity index is 1030. The molecule has 132 valence electrons. The fourth-order valence-corrected chi connectivity index (χ4v) is 3.04. The summed E-state index contributed by atoms with van der Waals surface area (Å²) in [6.45, 7) is 5.68. The Kier molecular flexibility index (Phi) is 4.67. The van der Waals surface area contributed by atoms with Gasteiger partial charge in [-0.05, 0) is 37.5 Å². The lowest BCUT2D eigenvalue weighted by molar-refractivity contribution is -0.384. The number of rotatable bonds is 4. The van der Waals surface area contributed by atoms with Crippen LogP contribution in [0, 0.1) is 24.0 Å². The minimum absolute atomic E-state index is 0.0588. The third kappa shape index (κ3) is 3.13. The Hall–Kier alpha value is -3.28. The number of aromatic nitrogens is 1. The summed E-state index contributed by atoms with van der Waals surface area (Å²) >= 11 is 0. The third-order valence-electron chi connectivity index (χ3n) is 4.48. The zero-order valence-corrected chi connectivity index (χ0v) is 14.9. The van der Waals surface area contributed by atoms with Crippen molar-refractivity contribution in [3.05, 3.63) is 75.0 Å². The largest absolute Gasteiger partial charge is 0.321 e. The Morgan fingerprint density at radius 1 is 1.19 bits per heavy atom. The molecule has 0 aliphatic rings. The van der Waals surface area contributed by atoms with Crippen LogP contribution in [0.1, 0.15) is 34.1 Å². The number of amides is 1. The molecule has 0 saturated heterocycles. The maximum absolute atomic E-state index is 13.0. The molecular formula is C20H19N3O3. The molecule has 26 heavy (non-hydrogen) atoms. The maximum atomic E-state index is 13.0. The highest BCUT2D eigenvalue weighted by atomic mass is 16.6. The highest BCUT2D eigenvalue weighted by Crippen LogP contribution is 2.27. The summed E-state index contributed by atoms with van der Waals surface area (Å²) in [6, 6.07) is 11.9. The summed E-state index contributed by atoms with van der Waals surface area (Å²) < 4.78 is 0. The van der Waals surface area contributed by atoms with Crippen LogP contribution in [0.3, 0.4) is 0 Å². The number of nitrogens with zero attached hydrogens (tertiary/aromatic N) is 2. The molecule has 1 N–H and O–H groups in total. The van der Waals surface area contributed by atoms with E-state index in [4.69, 9.17) is 0 Å². The van der Waals surface area contributed by atoms with Gasteiger partial charge in [-0.1, -0.05) is 31.2 Å².